The van der Waals surface area contributed by atoms with Crippen LogP contribution in [0.5, 0.6) is 5.75 Å². The highest BCUT2D eigenvalue weighted by Crippen LogP contribution is 2.29. The number of hydrogen-bond acceptors (Lipinski definition) is 5. The summed E-state index contributed by atoms with van der Waals surface area (Å²) in [4.78, 5) is 12.8. The lowest BCUT2D eigenvalue weighted by atomic mass is 10.2. The van der Waals surface area contributed by atoms with Crippen LogP contribution in [0.2, 0.25) is 0 Å². The average molecular weight is 279 g/mol. The van der Waals surface area contributed by atoms with Gasteiger partial charge in [0.05, 0.1) is 12.0 Å². The summed E-state index contributed by atoms with van der Waals surface area (Å²) in [5, 5.41) is 14.1. The van der Waals surface area contributed by atoms with Crippen molar-refractivity contribution in [3.05, 3.63) is 28.3 Å². The SMILES string of the molecule is COc1cc(NCCCN2CCCC2)ccc1[N+](=O)[O-]. The first-order valence-electron chi connectivity index (χ1n) is 6.99. The summed E-state index contributed by atoms with van der Waals surface area (Å²) in [7, 11) is 1.44. The Hall–Kier alpha value is -1.82. The van der Waals surface area contributed by atoms with E-state index in [2.05, 4.69) is 10.2 Å². The number of nitro groups is 1. The molecule has 1 saturated heterocycles. The van der Waals surface area contributed by atoms with Crippen LogP contribution in [0.3, 0.4) is 0 Å². The molecule has 0 amide bonds. The molecule has 0 aliphatic carbocycles. The fourth-order valence-corrected chi connectivity index (χ4v) is 2.48. The monoisotopic (exact) mass is 279 g/mol. The number of anilines is 1. The third-order valence-electron chi connectivity index (χ3n) is 3.56. The van der Waals surface area contributed by atoms with Crippen molar-refractivity contribution in [2.75, 3.05) is 38.6 Å². The van der Waals surface area contributed by atoms with Crippen LogP contribution in [0.1, 0.15) is 19.3 Å². The molecule has 0 atom stereocenters. The molecule has 20 heavy (non-hydrogen) atoms. The molecule has 0 saturated carbocycles. The molecule has 0 aromatic heterocycles. The van der Waals surface area contributed by atoms with E-state index in [9.17, 15) is 10.1 Å². The Balaban J connectivity index is 1.81. The largest absolute Gasteiger partial charge is 0.490 e. The standard InChI is InChI=1S/C14H21N3O3/c1-20-14-11-12(5-6-13(14)17(18)19)15-7-4-10-16-8-2-3-9-16/h5-6,11,15H,2-4,7-10H2,1H3. The van der Waals surface area contributed by atoms with E-state index in [1.165, 1.54) is 39.1 Å². The van der Waals surface area contributed by atoms with Gasteiger partial charge in [0.1, 0.15) is 0 Å². The second-order valence-electron chi connectivity index (χ2n) is 4.97. The zero-order chi connectivity index (χ0) is 14.4. The summed E-state index contributed by atoms with van der Waals surface area (Å²) in [5.41, 5.74) is 0.851. The number of ether oxygens (including phenoxy) is 1. The quantitative estimate of drug-likeness (QED) is 0.472. The maximum absolute atomic E-state index is 10.8. The summed E-state index contributed by atoms with van der Waals surface area (Å²) in [5.74, 6) is 0.291. The van der Waals surface area contributed by atoms with Crippen LogP contribution in [0.25, 0.3) is 0 Å². The van der Waals surface area contributed by atoms with E-state index in [1.54, 1.807) is 12.1 Å². The second kappa shape index (κ2) is 7.09. The van der Waals surface area contributed by atoms with E-state index in [1.807, 2.05) is 0 Å². The van der Waals surface area contributed by atoms with Crippen molar-refractivity contribution < 1.29 is 9.66 Å². The number of rotatable bonds is 7. The van der Waals surface area contributed by atoms with Gasteiger partial charge in [-0.15, -0.1) is 0 Å². The number of nitrogens with zero attached hydrogens (tertiary/aromatic N) is 2. The van der Waals surface area contributed by atoms with E-state index in [4.69, 9.17) is 4.74 Å². The zero-order valence-corrected chi connectivity index (χ0v) is 11.8. The Labute approximate surface area is 118 Å². The number of methoxy groups -OCH3 is 1. The van der Waals surface area contributed by atoms with Gasteiger partial charge in [-0.3, -0.25) is 10.1 Å². The van der Waals surface area contributed by atoms with Gasteiger partial charge >= 0.3 is 5.69 Å². The Kier molecular flexibility index (Phi) is 5.17. The fourth-order valence-electron chi connectivity index (χ4n) is 2.48. The summed E-state index contributed by atoms with van der Waals surface area (Å²) in [6.07, 6.45) is 3.69. The van der Waals surface area contributed by atoms with Crippen LogP contribution in [0, 0.1) is 10.1 Å². The van der Waals surface area contributed by atoms with Gasteiger partial charge in [0.25, 0.3) is 0 Å². The van der Waals surface area contributed by atoms with E-state index in [0.29, 0.717) is 5.75 Å². The summed E-state index contributed by atoms with van der Waals surface area (Å²) in [6, 6.07) is 4.87. The minimum Gasteiger partial charge on any atom is -0.490 e. The summed E-state index contributed by atoms with van der Waals surface area (Å²) >= 11 is 0. The van der Waals surface area contributed by atoms with Crippen molar-refractivity contribution in [2.45, 2.75) is 19.3 Å². The number of nitro benzene ring substituents is 1. The normalized spacial score (nSPS) is 15.2. The maximum Gasteiger partial charge on any atom is 0.311 e. The molecule has 1 heterocycles. The van der Waals surface area contributed by atoms with Crippen LogP contribution in [-0.4, -0.2) is 43.1 Å². The van der Waals surface area contributed by atoms with Crippen LogP contribution in [0.15, 0.2) is 18.2 Å². The Morgan fingerprint density at radius 3 is 2.80 bits per heavy atom. The molecule has 0 unspecified atom stereocenters. The highest BCUT2D eigenvalue weighted by molar-refractivity contribution is 5.57. The topological polar surface area (TPSA) is 67.6 Å². The molecular formula is C14H21N3O3. The second-order valence-corrected chi connectivity index (χ2v) is 4.97. The zero-order valence-electron chi connectivity index (χ0n) is 11.8. The van der Waals surface area contributed by atoms with E-state index in [-0.39, 0.29) is 5.69 Å². The molecule has 0 bridgehead atoms. The van der Waals surface area contributed by atoms with Crippen LogP contribution in [-0.2, 0) is 0 Å². The molecule has 0 spiro atoms. The van der Waals surface area contributed by atoms with Crippen molar-refractivity contribution in [3.8, 4) is 5.75 Å². The van der Waals surface area contributed by atoms with Gasteiger partial charge in [-0.25, -0.2) is 0 Å². The predicted molar refractivity (Wildman–Crippen MR) is 78.4 cm³/mol. The van der Waals surface area contributed by atoms with Crippen molar-refractivity contribution in [1.29, 1.82) is 0 Å². The molecule has 2 rings (SSSR count). The van der Waals surface area contributed by atoms with E-state index >= 15 is 0 Å². The molecular weight excluding hydrogens is 258 g/mol. The molecule has 6 nitrogen and oxygen atoms in total. The van der Waals surface area contributed by atoms with Gasteiger partial charge in [-0.05, 0) is 45.0 Å². The highest BCUT2D eigenvalue weighted by atomic mass is 16.6. The van der Waals surface area contributed by atoms with Gasteiger partial charge in [-0.1, -0.05) is 0 Å². The van der Waals surface area contributed by atoms with Crippen molar-refractivity contribution in [3.63, 3.8) is 0 Å². The number of hydrogen-bond donors (Lipinski definition) is 1. The van der Waals surface area contributed by atoms with Crippen LogP contribution >= 0.6 is 0 Å². The molecule has 1 fully saturated rings. The molecule has 110 valence electrons. The molecule has 1 aliphatic rings. The lowest BCUT2D eigenvalue weighted by Gasteiger charge is -2.14. The van der Waals surface area contributed by atoms with E-state index < -0.39 is 4.92 Å². The third kappa shape index (κ3) is 3.84. The summed E-state index contributed by atoms with van der Waals surface area (Å²) < 4.78 is 5.04. The Morgan fingerprint density at radius 1 is 1.40 bits per heavy atom. The number of benzene rings is 1. The van der Waals surface area contributed by atoms with Gasteiger partial charge in [0, 0.05) is 24.4 Å². The number of likely N-dealkylation sites (tertiary alicyclic amines) is 1. The smallest absolute Gasteiger partial charge is 0.311 e. The maximum atomic E-state index is 10.8. The molecule has 1 aliphatic heterocycles. The Bertz CT molecular complexity index is 459. The minimum absolute atomic E-state index is 0.00452. The van der Waals surface area contributed by atoms with Crippen LogP contribution < -0.4 is 10.1 Å². The van der Waals surface area contributed by atoms with E-state index in [0.717, 1.165) is 25.2 Å². The minimum atomic E-state index is -0.435. The van der Waals surface area contributed by atoms with Gasteiger partial charge in [0.2, 0.25) is 0 Å². The van der Waals surface area contributed by atoms with Crippen molar-refractivity contribution >= 4 is 11.4 Å². The number of nitrogens with one attached hydrogen (secondary N) is 1. The molecule has 0 radical (unpaired) electrons. The van der Waals surface area contributed by atoms with Gasteiger partial charge < -0.3 is 15.0 Å². The first kappa shape index (κ1) is 14.6. The van der Waals surface area contributed by atoms with Crippen molar-refractivity contribution in [2.24, 2.45) is 0 Å². The molecule has 1 N–H and O–H groups in total. The fraction of sp³-hybridized carbons (Fsp3) is 0.571. The molecule has 1 aromatic rings. The predicted octanol–water partition coefficient (Wildman–Crippen LogP) is 2.50. The third-order valence-corrected chi connectivity index (χ3v) is 3.56. The van der Waals surface area contributed by atoms with Gasteiger partial charge in [0.15, 0.2) is 5.75 Å². The van der Waals surface area contributed by atoms with Crippen LogP contribution in [0.4, 0.5) is 11.4 Å². The van der Waals surface area contributed by atoms with Crippen molar-refractivity contribution in [1.82, 2.24) is 4.90 Å². The molecule has 6 heteroatoms. The lowest BCUT2D eigenvalue weighted by molar-refractivity contribution is -0.385. The summed E-state index contributed by atoms with van der Waals surface area (Å²) in [6.45, 7) is 4.39. The molecule has 1 aromatic carbocycles. The Morgan fingerprint density at radius 2 is 2.15 bits per heavy atom. The lowest BCUT2D eigenvalue weighted by Crippen LogP contribution is -2.22. The highest BCUT2D eigenvalue weighted by Gasteiger charge is 2.14. The van der Waals surface area contributed by atoms with Gasteiger partial charge in [-0.2, -0.15) is 0 Å². The first-order chi connectivity index (χ1) is 9.70. The average Bonchev–Trinajstić information content (AvgIpc) is 2.96. The first-order valence-corrected chi connectivity index (χ1v) is 6.99.